The average Bonchev–Trinajstić information content (AvgIpc) is 3.37. The quantitative estimate of drug-likeness (QED) is 0.353. The van der Waals surface area contributed by atoms with Crippen LogP contribution in [0.2, 0.25) is 0 Å². The van der Waals surface area contributed by atoms with Crippen LogP contribution in [0.1, 0.15) is 27.2 Å². The van der Waals surface area contributed by atoms with E-state index in [9.17, 15) is 14.0 Å². The topological polar surface area (TPSA) is 59.1 Å². The van der Waals surface area contributed by atoms with Gasteiger partial charge in [-0.25, -0.2) is 4.39 Å². The van der Waals surface area contributed by atoms with Gasteiger partial charge in [0.25, 0.3) is 5.91 Å². The van der Waals surface area contributed by atoms with Crippen molar-refractivity contribution in [1.29, 1.82) is 0 Å². The van der Waals surface area contributed by atoms with Gasteiger partial charge in [-0.2, -0.15) is 0 Å². The summed E-state index contributed by atoms with van der Waals surface area (Å²) < 4.78 is 23.7. The summed E-state index contributed by atoms with van der Waals surface area (Å²) in [7, 11) is 3.17. The Labute approximate surface area is 203 Å². The highest BCUT2D eigenvalue weighted by molar-refractivity contribution is 7.09. The molecule has 0 aliphatic rings. The van der Waals surface area contributed by atoms with Gasteiger partial charge in [0.1, 0.15) is 18.1 Å². The third-order valence-corrected chi connectivity index (χ3v) is 6.15. The monoisotopic (exact) mass is 484 g/mol. The van der Waals surface area contributed by atoms with E-state index in [0.717, 1.165) is 10.4 Å². The Kier molecular flexibility index (Phi) is 9.61. The number of nitrogens with zero attached hydrogens (tertiary/aromatic N) is 2. The van der Waals surface area contributed by atoms with Gasteiger partial charge in [0.05, 0.1) is 13.7 Å². The average molecular weight is 485 g/mol. The molecule has 0 spiro atoms. The van der Waals surface area contributed by atoms with Crippen molar-refractivity contribution in [2.75, 3.05) is 33.9 Å². The van der Waals surface area contributed by atoms with Crippen LogP contribution in [0.4, 0.5) is 4.39 Å². The molecule has 0 fully saturated rings. The van der Waals surface area contributed by atoms with Crippen molar-refractivity contribution in [3.8, 4) is 5.75 Å². The number of rotatable bonds is 12. The first kappa shape index (κ1) is 25.4. The molecule has 3 aromatic rings. The van der Waals surface area contributed by atoms with Crippen LogP contribution in [0, 0.1) is 5.82 Å². The van der Waals surface area contributed by atoms with Gasteiger partial charge in [-0.3, -0.25) is 9.59 Å². The van der Waals surface area contributed by atoms with Gasteiger partial charge in [-0.15, -0.1) is 11.3 Å². The largest absolute Gasteiger partial charge is 0.497 e. The Hall–Kier alpha value is -3.23. The highest BCUT2D eigenvalue weighted by atomic mass is 32.1. The highest BCUT2D eigenvalue weighted by Gasteiger charge is 2.23. The molecule has 3 rings (SSSR count). The normalized spacial score (nSPS) is 10.7. The van der Waals surface area contributed by atoms with Crippen LogP contribution in [0.5, 0.6) is 5.75 Å². The molecule has 8 heteroatoms. The minimum atomic E-state index is -0.325. The lowest BCUT2D eigenvalue weighted by molar-refractivity contribution is -0.133. The van der Waals surface area contributed by atoms with Gasteiger partial charge >= 0.3 is 0 Å². The lowest BCUT2D eigenvalue weighted by Crippen LogP contribution is -2.43. The van der Waals surface area contributed by atoms with E-state index in [1.165, 1.54) is 12.1 Å². The molecule has 1 aromatic heterocycles. The van der Waals surface area contributed by atoms with Gasteiger partial charge in [0.2, 0.25) is 5.91 Å². The summed E-state index contributed by atoms with van der Waals surface area (Å²) in [6.07, 6.45) is 0.606. The van der Waals surface area contributed by atoms with Crippen molar-refractivity contribution >= 4 is 23.2 Å². The number of methoxy groups -OCH3 is 2. The fourth-order valence-electron chi connectivity index (χ4n) is 3.46. The standard InChI is InChI=1S/C26H29FN2O4S/c1-32-15-4-14-28(26(31)21-8-12-23(33-2)13-9-21)19-25(30)29(18-24-5-3-16-34-24)17-20-6-10-22(27)11-7-20/h3,5-13,16H,4,14-15,17-19H2,1-2H3. The summed E-state index contributed by atoms with van der Waals surface area (Å²) in [6, 6.07) is 16.8. The van der Waals surface area contributed by atoms with E-state index in [0.29, 0.717) is 44.0 Å². The molecule has 0 N–H and O–H groups in total. The molecule has 0 bridgehead atoms. The summed E-state index contributed by atoms with van der Waals surface area (Å²) in [5.41, 5.74) is 1.30. The fraction of sp³-hybridized carbons (Fsp3) is 0.308. The molecule has 1 heterocycles. The maximum Gasteiger partial charge on any atom is 0.254 e. The number of amides is 2. The minimum absolute atomic E-state index is 0.0683. The fourth-order valence-corrected chi connectivity index (χ4v) is 4.18. The van der Waals surface area contributed by atoms with E-state index in [-0.39, 0.29) is 24.2 Å². The van der Waals surface area contributed by atoms with E-state index in [4.69, 9.17) is 9.47 Å². The minimum Gasteiger partial charge on any atom is -0.497 e. The van der Waals surface area contributed by atoms with Crippen LogP contribution >= 0.6 is 11.3 Å². The number of benzene rings is 2. The van der Waals surface area contributed by atoms with Crippen LogP contribution in [-0.2, 0) is 22.6 Å². The Morgan fingerprint density at radius 1 is 0.941 bits per heavy atom. The third-order valence-electron chi connectivity index (χ3n) is 5.29. The first-order valence-corrected chi connectivity index (χ1v) is 11.8. The molecule has 0 unspecified atom stereocenters. The summed E-state index contributed by atoms with van der Waals surface area (Å²) in [5.74, 6) is -0.0868. The van der Waals surface area contributed by atoms with Gasteiger partial charge in [0, 0.05) is 37.2 Å². The van der Waals surface area contributed by atoms with Crippen LogP contribution in [0.15, 0.2) is 66.0 Å². The second-order valence-corrected chi connectivity index (χ2v) is 8.79. The Morgan fingerprint density at radius 3 is 2.29 bits per heavy atom. The molecule has 0 saturated heterocycles. The Morgan fingerprint density at radius 2 is 1.68 bits per heavy atom. The zero-order chi connectivity index (χ0) is 24.3. The smallest absolute Gasteiger partial charge is 0.254 e. The number of carbonyl (C=O) groups excluding carboxylic acids is 2. The molecule has 0 atom stereocenters. The van der Waals surface area contributed by atoms with Gasteiger partial charge in [0.15, 0.2) is 0 Å². The van der Waals surface area contributed by atoms with Crippen molar-refractivity contribution in [3.63, 3.8) is 0 Å². The number of hydrogen-bond acceptors (Lipinski definition) is 5. The van der Waals surface area contributed by atoms with Crippen LogP contribution in [0.25, 0.3) is 0 Å². The van der Waals surface area contributed by atoms with Crippen molar-refractivity contribution in [2.24, 2.45) is 0 Å². The van der Waals surface area contributed by atoms with Gasteiger partial charge < -0.3 is 19.3 Å². The molecular formula is C26H29FN2O4S. The van der Waals surface area contributed by atoms with E-state index in [2.05, 4.69) is 0 Å². The highest BCUT2D eigenvalue weighted by Crippen LogP contribution is 2.17. The van der Waals surface area contributed by atoms with Crippen molar-refractivity contribution in [2.45, 2.75) is 19.5 Å². The number of hydrogen-bond donors (Lipinski definition) is 0. The molecule has 2 amide bonds. The van der Waals surface area contributed by atoms with Gasteiger partial charge in [-0.1, -0.05) is 18.2 Å². The molecule has 34 heavy (non-hydrogen) atoms. The summed E-state index contributed by atoms with van der Waals surface area (Å²) in [6.45, 7) is 1.53. The second kappa shape index (κ2) is 12.9. The molecule has 0 saturated carbocycles. The number of ether oxygens (including phenoxy) is 2. The van der Waals surface area contributed by atoms with Crippen molar-refractivity contribution in [1.82, 2.24) is 9.80 Å². The number of thiophene rings is 1. The summed E-state index contributed by atoms with van der Waals surface area (Å²) in [5, 5.41) is 1.96. The molecule has 0 aliphatic heterocycles. The zero-order valence-corrected chi connectivity index (χ0v) is 20.2. The predicted molar refractivity (Wildman–Crippen MR) is 130 cm³/mol. The molecule has 180 valence electrons. The molecule has 6 nitrogen and oxygen atoms in total. The van der Waals surface area contributed by atoms with E-state index >= 15 is 0 Å². The van der Waals surface area contributed by atoms with E-state index < -0.39 is 0 Å². The predicted octanol–water partition coefficient (Wildman–Crippen LogP) is 4.60. The molecular weight excluding hydrogens is 455 g/mol. The second-order valence-electron chi connectivity index (χ2n) is 7.76. The van der Waals surface area contributed by atoms with E-state index in [1.54, 1.807) is 71.8 Å². The van der Waals surface area contributed by atoms with Crippen LogP contribution < -0.4 is 4.74 Å². The molecule has 2 aromatic carbocycles. The van der Waals surface area contributed by atoms with Gasteiger partial charge in [-0.05, 0) is 59.8 Å². The van der Waals surface area contributed by atoms with Crippen molar-refractivity contribution in [3.05, 3.63) is 87.9 Å². The van der Waals surface area contributed by atoms with Crippen molar-refractivity contribution < 1.29 is 23.5 Å². The lowest BCUT2D eigenvalue weighted by Gasteiger charge is -2.28. The maximum absolute atomic E-state index is 13.4. The Balaban J connectivity index is 1.78. The maximum atomic E-state index is 13.4. The summed E-state index contributed by atoms with van der Waals surface area (Å²) >= 11 is 1.56. The first-order valence-electron chi connectivity index (χ1n) is 11.0. The molecule has 0 radical (unpaired) electrons. The lowest BCUT2D eigenvalue weighted by atomic mass is 10.1. The SMILES string of the molecule is COCCCN(CC(=O)N(Cc1ccc(F)cc1)Cc1cccs1)C(=O)c1ccc(OC)cc1. The summed E-state index contributed by atoms with van der Waals surface area (Å²) in [4.78, 5) is 31.0. The first-order chi connectivity index (χ1) is 16.5. The van der Waals surface area contributed by atoms with Crippen LogP contribution in [-0.4, -0.2) is 55.5 Å². The number of carbonyl (C=O) groups is 2. The third kappa shape index (κ3) is 7.40. The number of halogens is 1. The van der Waals surface area contributed by atoms with E-state index in [1.807, 2.05) is 17.5 Å². The molecule has 0 aliphatic carbocycles. The zero-order valence-electron chi connectivity index (χ0n) is 19.4. The Bertz CT molecular complexity index is 1040. The van der Waals surface area contributed by atoms with Crippen LogP contribution in [0.3, 0.4) is 0 Å².